The van der Waals surface area contributed by atoms with E-state index < -0.39 is 0 Å². The lowest BCUT2D eigenvalue weighted by atomic mass is 10.1. The molecule has 0 saturated carbocycles. The number of allylic oxidation sites excluding steroid dienone is 1. The minimum absolute atomic E-state index is 0.390. The topological polar surface area (TPSA) is 64.4 Å². The van der Waals surface area contributed by atoms with Gasteiger partial charge in [-0.3, -0.25) is 4.99 Å². The van der Waals surface area contributed by atoms with Gasteiger partial charge in [-0.05, 0) is 25.1 Å². The molecule has 0 amide bonds. The van der Waals surface area contributed by atoms with Crippen LogP contribution in [0.3, 0.4) is 0 Å². The van der Waals surface area contributed by atoms with Crippen molar-refractivity contribution in [1.29, 1.82) is 0 Å². The minimum atomic E-state index is 0.390. The Hall–Kier alpha value is -2.07. The van der Waals surface area contributed by atoms with E-state index in [0.29, 0.717) is 16.6 Å². The van der Waals surface area contributed by atoms with Crippen LogP contribution in [0.1, 0.15) is 17.1 Å². The van der Waals surface area contributed by atoms with Gasteiger partial charge >= 0.3 is 0 Å². The highest BCUT2D eigenvalue weighted by atomic mass is 35.5. The SMILES string of the molecule is CN=C(C=C(N)c1nc(C)co1)c1cccc(Cl)c1. The van der Waals surface area contributed by atoms with Crippen LogP contribution in [0.25, 0.3) is 5.70 Å². The highest BCUT2D eigenvalue weighted by molar-refractivity contribution is 6.31. The fourth-order valence-electron chi connectivity index (χ4n) is 1.62. The second-order valence-electron chi connectivity index (χ2n) is 4.01. The second-order valence-corrected chi connectivity index (χ2v) is 4.45. The first-order valence-electron chi connectivity index (χ1n) is 5.72. The summed E-state index contributed by atoms with van der Waals surface area (Å²) in [5, 5.41) is 0.651. The Morgan fingerprint density at radius 2 is 2.26 bits per heavy atom. The first-order chi connectivity index (χ1) is 9.10. The van der Waals surface area contributed by atoms with Crippen LogP contribution < -0.4 is 5.73 Å². The van der Waals surface area contributed by atoms with Crippen molar-refractivity contribution in [2.45, 2.75) is 6.92 Å². The number of aromatic nitrogens is 1. The van der Waals surface area contributed by atoms with Crippen molar-refractivity contribution in [3.63, 3.8) is 0 Å². The second kappa shape index (κ2) is 5.71. The summed E-state index contributed by atoms with van der Waals surface area (Å²) in [5.41, 5.74) is 8.77. The molecule has 5 heteroatoms. The van der Waals surface area contributed by atoms with Crippen LogP contribution in [0, 0.1) is 6.92 Å². The molecule has 1 heterocycles. The summed E-state index contributed by atoms with van der Waals surface area (Å²) in [6, 6.07) is 7.41. The van der Waals surface area contributed by atoms with Gasteiger partial charge in [-0.1, -0.05) is 23.7 Å². The molecule has 0 radical (unpaired) electrons. The van der Waals surface area contributed by atoms with Crippen LogP contribution in [0.5, 0.6) is 0 Å². The van der Waals surface area contributed by atoms with Crippen molar-refractivity contribution >= 4 is 23.0 Å². The number of nitrogens with zero attached hydrogens (tertiary/aromatic N) is 2. The van der Waals surface area contributed by atoms with Crippen molar-refractivity contribution in [3.05, 3.63) is 58.8 Å². The summed E-state index contributed by atoms with van der Waals surface area (Å²) in [5.74, 6) is 0.390. The predicted octanol–water partition coefficient (Wildman–Crippen LogP) is 3.06. The maximum atomic E-state index is 5.96. The largest absolute Gasteiger partial charge is 0.443 e. The van der Waals surface area contributed by atoms with Crippen molar-refractivity contribution < 1.29 is 4.42 Å². The molecule has 0 saturated heterocycles. The number of aliphatic imine (C=N–C) groups is 1. The van der Waals surface area contributed by atoms with Gasteiger partial charge < -0.3 is 10.2 Å². The molecule has 0 fully saturated rings. The predicted molar refractivity (Wildman–Crippen MR) is 77.3 cm³/mol. The van der Waals surface area contributed by atoms with Gasteiger partial charge in [0.25, 0.3) is 0 Å². The third-order valence-electron chi connectivity index (χ3n) is 2.52. The van der Waals surface area contributed by atoms with Gasteiger partial charge in [0.2, 0.25) is 5.89 Å². The van der Waals surface area contributed by atoms with Gasteiger partial charge in [-0.15, -0.1) is 0 Å². The Morgan fingerprint density at radius 1 is 1.47 bits per heavy atom. The highest BCUT2D eigenvalue weighted by Crippen LogP contribution is 2.14. The lowest BCUT2D eigenvalue weighted by Crippen LogP contribution is -2.04. The first kappa shape index (κ1) is 13.4. The maximum absolute atomic E-state index is 5.96. The number of hydrogen-bond donors (Lipinski definition) is 1. The van der Waals surface area contributed by atoms with E-state index in [1.165, 1.54) is 0 Å². The quantitative estimate of drug-likeness (QED) is 0.876. The molecule has 98 valence electrons. The summed E-state index contributed by atoms with van der Waals surface area (Å²) in [6.45, 7) is 1.84. The van der Waals surface area contributed by atoms with Crippen LogP contribution in [-0.2, 0) is 0 Å². The number of aryl methyl sites for hydroxylation is 1. The van der Waals surface area contributed by atoms with Crippen LogP contribution >= 0.6 is 11.6 Å². The molecule has 2 aromatic rings. The standard InChI is InChI=1S/C14H14ClN3O/c1-9-8-19-14(18-9)12(16)7-13(17-2)10-4-3-5-11(15)6-10/h3-8H,16H2,1-2H3. The lowest BCUT2D eigenvalue weighted by molar-refractivity contribution is 0.540. The molecule has 1 aromatic carbocycles. The van der Waals surface area contributed by atoms with E-state index in [1.807, 2.05) is 31.2 Å². The van der Waals surface area contributed by atoms with Gasteiger partial charge in [0.05, 0.1) is 17.1 Å². The van der Waals surface area contributed by atoms with E-state index in [-0.39, 0.29) is 0 Å². The number of oxazole rings is 1. The van der Waals surface area contributed by atoms with Crippen molar-refractivity contribution in [1.82, 2.24) is 4.98 Å². The van der Waals surface area contributed by atoms with Gasteiger partial charge in [-0.25, -0.2) is 4.98 Å². The third kappa shape index (κ3) is 3.23. The smallest absolute Gasteiger partial charge is 0.242 e. The molecule has 0 spiro atoms. The molecular formula is C14H14ClN3O. The zero-order valence-electron chi connectivity index (χ0n) is 10.7. The van der Waals surface area contributed by atoms with E-state index in [9.17, 15) is 0 Å². The molecule has 0 aliphatic heterocycles. The van der Waals surface area contributed by atoms with E-state index >= 15 is 0 Å². The zero-order valence-corrected chi connectivity index (χ0v) is 11.5. The van der Waals surface area contributed by atoms with E-state index in [4.69, 9.17) is 21.8 Å². The van der Waals surface area contributed by atoms with Crippen molar-refractivity contribution in [2.75, 3.05) is 7.05 Å². The van der Waals surface area contributed by atoms with Gasteiger partial charge in [0.1, 0.15) is 6.26 Å². The molecule has 0 bridgehead atoms. The lowest BCUT2D eigenvalue weighted by Gasteiger charge is -2.02. The van der Waals surface area contributed by atoms with E-state index in [2.05, 4.69) is 9.98 Å². The summed E-state index contributed by atoms with van der Waals surface area (Å²) < 4.78 is 5.25. The Balaban J connectivity index is 2.34. The Bertz CT molecular complexity index is 644. The average Bonchev–Trinajstić information content (AvgIpc) is 2.82. The Labute approximate surface area is 116 Å². The number of nitrogens with two attached hydrogens (primary N) is 1. The van der Waals surface area contributed by atoms with E-state index in [0.717, 1.165) is 17.0 Å². The molecule has 19 heavy (non-hydrogen) atoms. The zero-order chi connectivity index (χ0) is 13.8. The Morgan fingerprint density at radius 3 is 2.84 bits per heavy atom. The summed E-state index contributed by atoms with van der Waals surface area (Å²) in [6.07, 6.45) is 3.27. The fourth-order valence-corrected chi connectivity index (χ4v) is 1.81. The monoisotopic (exact) mass is 275 g/mol. The third-order valence-corrected chi connectivity index (χ3v) is 2.75. The number of hydrogen-bond acceptors (Lipinski definition) is 4. The molecule has 2 N–H and O–H groups in total. The number of halogens is 1. The van der Waals surface area contributed by atoms with Crippen LogP contribution in [-0.4, -0.2) is 17.7 Å². The maximum Gasteiger partial charge on any atom is 0.242 e. The fraction of sp³-hybridized carbons (Fsp3) is 0.143. The van der Waals surface area contributed by atoms with Gasteiger partial charge in [0, 0.05) is 17.6 Å². The van der Waals surface area contributed by atoms with E-state index in [1.54, 1.807) is 19.4 Å². The molecule has 0 atom stereocenters. The molecule has 4 nitrogen and oxygen atoms in total. The molecule has 1 aromatic heterocycles. The van der Waals surface area contributed by atoms with Gasteiger partial charge in [0.15, 0.2) is 0 Å². The van der Waals surface area contributed by atoms with Crippen molar-refractivity contribution in [3.8, 4) is 0 Å². The van der Waals surface area contributed by atoms with Crippen molar-refractivity contribution in [2.24, 2.45) is 10.7 Å². The van der Waals surface area contributed by atoms with Gasteiger partial charge in [-0.2, -0.15) is 0 Å². The summed E-state index contributed by atoms with van der Waals surface area (Å²) in [7, 11) is 1.70. The van der Waals surface area contributed by atoms with Crippen LogP contribution in [0.15, 0.2) is 46.0 Å². The minimum Gasteiger partial charge on any atom is -0.443 e. The normalized spacial score (nSPS) is 12.8. The summed E-state index contributed by atoms with van der Waals surface area (Å²) >= 11 is 5.96. The summed E-state index contributed by atoms with van der Waals surface area (Å²) in [4.78, 5) is 8.37. The van der Waals surface area contributed by atoms with Crippen LogP contribution in [0.2, 0.25) is 5.02 Å². The molecule has 0 aliphatic carbocycles. The number of rotatable bonds is 3. The molecule has 0 aliphatic rings. The molecule has 2 rings (SSSR count). The van der Waals surface area contributed by atoms with Crippen LogP contribution in [0.4, 0.5) is 0 Å². The highest BCUT2D eigenvalue weighted by Gasteiger charge is 2.07. The molecule has 0 unspecified atom stereocenters. The Kier molecular flexibility index (Phi) is 4.02. The number of benzene rings is 1. The first-order valence-corrected chi connectivity index (χ1v) is 6.10. The average molecular weight is 276 g/mol. The molecular weight excluding hydrogens is 262 g/mol.